The lowest BCUT2D eigenvalue weighted by Crippen LogP contribution is -2.22. The van der Waals surface area contributed by atoms with E-state index in [1.54, 1.807) is 18.3 Å². The quantitative estimate of drug-likeness (QED) is 0.859. The van der Waals surface area contributed by atoms with Crippen LogP contribution in [0.4, 0.5) is 4.39 Å². The Kier molecular flexibility index (Phi) is 4.65. The van der Waals surface area contributed by atoms with E-state index in [2.05, 4.69) is 4.98 Å². The molecule has 0 saturated carbocycles. The van der Waals surface area contributed by atoms with Crippen molar-refractivity contribution < 1.29 is 13.9 Å². The van der Waals surface area contributed by atoms with Crippen LogP contribution >= 0.6 is 0 Å². The second-order valence-electron chi connectivity index (χ2n) is 4.94. The van der Waals surface area contributed by atoms with Crippen LogP contribution in [-0.2, 0) is 0 Å². The van der Waals surface area contributed by atoms with Crippen LogP contribution in [0.25, 0.3) is 0 Å². The van der Waals surface area contributed by atoms with Crippen LogP contribution in [0.15, 0.2) is 42.6 Å². The number of hydrogen-bond donors (Lipinski definition) is 1. The Hall–Kier alpha value is -2.27. The fourth-order valence-corrected chi connectivity index (χ4v) is 1.87. The highest BCUT2D eigenvalue weighted by molar-refractivity contribution is 6.00. The molecule has 0 spiro atoms. The summed E-state index contributed by atoms with van der Waals surface area (Å²) in [5, 5.41) is 0. The summed E-state index contributed by atoms with van der Waals surface area (Å²) in [6.07, 6.45) is 1.53. The van der Waals surface area contributed by atoms with Gasteiger partial charge in [0.05, 0.1) is 12.1 Å². The summed E-state index contributed by atoms with van der Waals surface area (Å²) in [6, 6.07) is 7.78. The van der Waals surface area contributed by atoms with E-state index in [9.17, 15) is 9.18 Å². The van der Waals surface area contributed by atoms with E-state index >= 15 is 0 Å². The second kappa shape index (κ2) is 6.45. The highest BCUT2D eigenvalue weighted by Crippen LogP contribution is 2.20. The number of pyridine rings is 1. The van der Waals surface area contributed by atoms with Gasteiger partial charge in [0.25, 0.3) is 0 Å². The zero-order chi connectivity index (χ0) is 15.4. The number of ketones is 1. The third-order valence-electron chi connectivity index (χ3n) is 2.89. The number of ether oxygens (including phenoxy) is 1. The van der Waals surface area contributed by atoms with Gasteiger partial charge in [0.15, 0.2) is 5.78 Å². The molecule has 0 radical (unpaired) electrons. The van der Waals surface area contributed by atoms with Crippen molar-refractivity contribution in [3.63, 3.8) is 0 Å². The minimum absolute atomic E-state index is 0.0169. The van der Waals surface area contributed by atoms with Crippen molar-refractivity contribution in [3.05, 3.63) is 59.5 Å². The van der Waals surface area contributed by atoms with Gasteiger partial charge in [-0.3, -0.25) is 4.79 Å². The molecule has 110 valence electrons. The fourth-order valence-electron chi connectivity index (χ4n) is 1.87. The summed E-state index contributed by atoms with van der Waals surface area (Å²) in [5.41, 5.74) is 6.96. The molecule has 1 unspecified atom stereocenters. The van der Waals surface area contributed by atoms with Crippen LogP contribution < -0.4 is 10.5 Å². The second-order valence-corrected chi connectivity index (χ2v) is 4.94. The molecule has 0 aliphatic carbocycles. The predicted molar refractivity (Wildman–Crippen MR) is 77.7 cm³/mol. The molecule has 0 saturated heterocycles. The SMILES string of the molecule is CC(C)Oc1cc(C(N)C(=O)c2ccc(F)cc2)ccn1. The number of Topliss-reactive ketones (excluding diaryl/α,β-unsaturated/α-hetero) is 1. The van der Waals surface area contributed by atoms with E-state index in [1.807, 2.05) is 13.8 Å². The van der Waals surface area contributed by atoms with Crippen LogP contribution in [0.3, 0.4) is 0 Å². The normalized spacial score (nSPS) is 12.2. The molecule has 1 aromatic heterocycles. The molecule has 1 aromatic carbocycles. The van der Waals surface area contributed by atoms with Crippen LogP contribution in [-0.4, -0.2) is 16.9 Å². The number of hydrogen-bond acceptors (Lipinski definition) is 4. The van der Waals surface area contributed by atoms with E-state index in [1.165, 1.54) is 24.3 Å². The van der Waals surface area contributed by atoms with Gasteiger partial charge < -0.3 is 10.5 Å². The number of benzene rings is 1. The number of carbonyl (C=O) groups excluding carboxylic acids is 1. The Morgan fingerprint density at radius 1 is 1.24 bits per heavy atom. The molecule has 2 aromatic rings. The third-order valence-corrected chi connectivity index (χ3v) is 2.89. The number of nitrogens with two attached hydrogens (primary N) is 1. The van der Waals surface area contributed by atoms with Gasteiger partial charge in [0.1, 0.15) is 5.82 Å². The van der Waals surface area contributed by atoms with Gasteiger partial charge in [0.2, 0.25) is 5.88 Å². The largest absolute Gasteiger partial charge is 0.475 e. The van der Waals surface area contributed by atoms with Gasteiger partial charge >= 0.3 is 0 Å². The molecule has 1 heterocycles. The van der Waals surface area contributed by atoms with Gasteiger partial charge in [-0.2, -0.15) is 0 Å². The maximum Gasteiger partial charge on any atom is 0.213 e. The predicted octanol–water partition coefficient (Wildman–Crippen LogP) is 2.89. The summed E-state index contributed by atoms with van der Waals surface area (Å²) < 4.78 is 18.4. The highest BCUT2D eigenvalue weighted by Gasteiger charge is 2.18. The Bertz CT molecular complexity index is 626. The first-order valence-corrected chi connectivity index (χ1v) is 6.65. The van der Waals surface area contributed by atoms with Gasteiger partial charge in [0, 0.05) is 17.8 Å². The Morgan fingerprint density at radius 3 is 2.52 bits per heavy atom. The maximum atomic E-state index is 12.9. The lowest BCUT2D eigenvalue weighted by atomic mass is 9.99. The first-order valence-electron chi connectivity index (χ1n) is 6.65. The lowest BCUT2D eigenvalue weighted by molar-refractivity contribution is 0.0961. The van der Waals surface area contributed by atoms with E-state index < -0.39 is 11.9 Å². The van der Waals surface area contributed by atoms with E-state index in [4.69, 9.17) is 10.5 Å². The number of aromatic nitrogens is 1. The topological polar surface area (TPSA) is 65.2 Å². The Balaban J connectivity index is 2.20. The smallest absolute Gasteiger partial charge is 0.213 e. The van der Waals surface area contributed by atoms with Crippen molar-refractivity contribution in [1.82, 2.24) is 4.98 Å². The van der Waals surface area contributed by atoms with E-state index in [-0.39, 0.29) is 11.9 Å². The van der Waals surface area contributed by atoms with Crippen LogP contribution in [0.1, 0.15) is 35.8 Å². The molecular formula is C16H17FN2O2. The molecular weight excluding hydrogens is 271 g/mol. The average Bonchev–Trinajstić information content (AvgIpc) is 2.46. The van der Waals surface area contributed by atoms with Crippen molar-refractivity contribution in [2.24, 2.45) is 5.73 Å². The Labute approximate surface area is 122 Å². The Morgan fingerprint density at radius 2 is 1.90 bits per heavy atom. The lowest BCUT2D eigenvalue weighted by Gasteiger charge is -2.13. The van der Waals surface area contributed by atoms with E-state index in [0.29, 0.717) is 17.0 Å². The van der Waals surface area contributed by atoms with Crippen molar-refractivity contribution in [2.45, 2.75) is 26.0 Å². The van der Waals surface area contributed by atoms with Crippen molar-refractivity contribution in [3.8, 4) is 5.88 Å². The van der Waals surface area contributed by atoms with Gasteiger partial charge in [-0.25, -0.2) is 9.37 Å². The van der Waals surface area contributed by atoms with Crippen molar-refractivity contribution >= 4 is 5.78 Å². The van der Waals surface area contributed by atoms with Gasteiger partial charge in [-0.15, -0.1) is 0 Å². The molecule has 0 amide bonds. The van der Waals surface area contributed by atoms with Crippen molar-refractivity contribution in [1.29, 1.82) is 0 Å². The number of rotatable bonds is 5. The van der Waals surface area contributed by atoms with E-state index in [0.717, 1.165) is 0 Å². The molecule has 1 atom stereocenters. The molecule has 2 N–H and O–H groups in total. The fraction of sp³-hybridized carbons (Fsp3) is 0.250. The number of halogens is 1. The molecule has 4 nitrogen and oxygen atoms in total. The summed E-state index contributed by atoms with van der Waals surface area (Å²) in [5.74, 6) is -0.252. The summed E-state index contributed by atoms with van der Waals surface area (Å²) in [6.45, 7) is 3.77. The molecule has 2 rings (SSSR count). The van der Waals surface area contributed by atoms with Crippen LogP contribution in [0.2, 0.25) is 0 Å². The van der Waals surface area contributed by atoms with Crippen molar-refractivity contribution in [2.75, 3.05) is 0 Å². The van der Waals surface area contributed by atoms with Gasteiger partial charge in [-0.1, -0.05) is 0 Å². The highest BCUT2D eigenvalue weighted by atomic mass is 19.1. The third kappa shape index (κ3) is 3.86. The average molecular weight is 288 g/mol. The van der Waals surface area contributed by atoms with Crippen LogP contribution in [0.5, 0.6) is 5.88 Å². The summed E-state index contributed by atoms with van der Waals surface area (Å²) in [7, 11) is 0. The molecule has 0 aliphatic rings. The first-order chi connectivity index (χ1) is 9.97. The molecule has 0 fully saturated rings. The summed E-state index contributed by atoms with van der Waals surface area (Å²) in [4.78, 5) is 16.3. The maximum absolute atomic E-state index is 12.9. The molecule has 0 bridgehead atoms. The van der Waals surface area contributed by atoms with Crippen LogP contribution in [0, 0.1) is 5.82 Å². The summed E-state index contributed by atoms with van der Waals surface area (Å²) >= 11 is 0. The number of nitrogens with zero attached hydrogens (tertiary/aromatic N) is 1. The zero-order valence-corrected chi connectivity index (χ0v) is 11.9. The minimum atomic E-state index is -0.840. The zero-order valence-electron chi connectivity index (χ0n) is 11.9. The molecule has 0 aliphatic heterocycles. The van der Waals surface area contributed by atoms with Gasteiger partial charge in [-0.05, 0) is 49.7 Å². The standard InChI is InChI=1S/C16H17FN2O2/c1-10(2)21-14-9-12(7-8-19-14)15(18)16(20)11-3-5-13(17)6-4-11/h3-10,15H,18H2,1-2H3. The number of carbonyl (C=O) groups is 1. The molecule has 21 heavy (non-hydrogen) atoms. The minimum Gasteiger partial charge on any atom is -0.475 e. The molecule has 5 heteroatoms. The first kappa shape index (κ1) is 15.1. The monoisotopic (exact) mass is 288 g/mol.